The molecule has 58 nitrogen and oxygen atoms in total. The molecular weight excluding hydrogens is 1830 g/mol. The Labute approximate surface area is 760 Å². The van der Waals surface area contributed by atoms with Gasteiger partial charge in [0.15, 0.2) is 69.2 Å². The average molecular weight is 1960 g/mol. The van der Waals surface area contributed by atoms with Gasteiger partial charge in [-0.25, -0.2) is 0 Å². The molecule has 11 rings (SSSR count). The van der Waals surface area contributed by atoms with E-state index < -0.39 is 420 Å². The molecule has 11 heterocycles. The van der Waals surface area contributed by atoms with Gasteiger partial charge in [-0.2, -0.15) is 0 Å². The van der Waals surface area contributed by atoms with Gasteiger partial charge in [-0.15, -0.1) is 0 Å². The van der Waals surface area contributed by atoms with Crippen LogP contribution in [0.5, 0.6) is 0 Å². The van der Waals surface area contributed by atoms with Gasteiger partial charge in [-0.3, -0.25) is 24.0 Å². The van der Waals surface area contributed by atoms with E-state index in [0.29, 0.717) is 0 Å². The van der Waals surface area contributed by atoms with Gasteiger partial charge in [0.05, 0.1) is 71.2 Å². The minimum absolute atomic E-state index is 0.874. The van der Waals surface area contributed by atoms with Crippen LogP contribution in [0.1, 0.15) is 55.4 Å². The number of rotatable bonds is 33. The number of hydrogen-bond acceptors (Lipinski definition) is 53. The van der Waals surface area contributed by atoms with Gasteiger partial charge in [0.25, 0.3) is 0 Å². The van der Waals surface area contributed by atoms with E-state index in [2.05, 4.69) is 26.6 Å². The Bertz CT molecular complexity index is 3730. The number of nitrogens with one attached hydrogen (secondary N) is 5. The molecule has 0 aromatic carbocycles. The molecule has 11 saturated heterocycles. The summed E-state index contributed by atoms with van der Waals surface area (Å²) in [5.74, 6) is -4.90. The van der Waals surface area contributed by atoms with Crippen molar-refractivity contribution in [2.45, 2.75) is 393 Å². The molecule has 11 aliphatic heterocycles. The van der Waals surface area contributed by atoms with Crippen molar-refractivity contribution in [3.8, 4) is 0 Å². The van der Waals surface area contributed by atoms with Gasteiger partial charge in [0.2, 0.25) is 29.5 Å². The van der Waals surface area contributed by atoms with Crippen LogP contribution in [0.15, 0.2) is 0 Å². The first-order valence-electron chi connectivity index (χ1n) is 43.2. The maximum absolute atomic E-state index is 13.5. The van der Waals surface area contributed by atoms with E-state index in [-0.39, 0.29) is 0 Å². The standard InChI is InChI=1S/C76H127N5O53/c1-17-38(93)49(104)54(109)71(116-17)114-15-31-59(47(102)33(66(113)119-31)77-20(4)88)127-68-35(79-22(6)90)48(103)58(30(14-87)125-68)128-74-57(112)63(132-76-65(53(108)43(98)27(11-84)124-76)134-70-37(81-24(8)92)62(45(100)29(13-86)122-70)131-73-56(111)51(106)40(95)19(3)118-73)60(129-67-34(78-21(5)89)46(101)41(96)25(9-82)120-67)32(126-74)16-115-75-64(52(107)42(97)26(10-83)123-75)133-69-36(80-23(7)91)61(44(99)28(12-85)121-69)130-72-55(110)50(105)39(94)18(2)117-72/h17-19,25-76,82-87,93-113H,9-16H2,1-8H3,(H,77,88)(H,78,89)(H,79,90)(H,80,91)(H,81,92)/t17-,18-,19-,25+,26+,27+,28+,29+,30+,31+,32+,33+,34+,35+,36+,37+,38+,39+,40+,41+,42+,43+,44+,45+,46+,47+,48+,49+,50+,51+,52-,53-,54-,55-,56-,57-,58+,59+,60+,61+,62+,63+,64-,65-,66+,67-,68-,69-,70-,71+,72-,73-,74-,75-,76+/m0/s1. The number of hydrogen-bond donors (Lipinski definition) is 32. The monoisotopic (exact) mass is 1960 g/mol. The number of aliphatic hydroxyl groups excluding tert-OH is 27. The second-order valence-corrected chi connectivity index (χ2v) is 34.5. The molecule has 0 bridgehead atoms. The van der Waals surface area contributed by atoms with Crippen LogP contribution in [0, 0.1) is 0 Å². The molecule has 0 spiro atoms. The van der Waals surface area contributed by atoms with Crippen molar-refractivity contribution in [3.63, 3.8) is 0 Å². The Balaban J connectivity index is 1.03. The fraction of sp³-hybridized carbons (Fsp3) is 0.934. The fourth-order valence-corrected chi connectivity index (χ4v) is 17.5. The SMILES string of the molecule is CC(=O)N[C@@H]1[C@@H](O)[C@H](O[C@@H]2O[C@H](CO)[C@@H](O[C@@H]3O[C@H](CO[C@H]4O[C@H](CO)[C@@H](O)[C@H](O)[C@@H]4O[C@@H]4O[C@H](CO)[C@@H](O)[C@H](O[C@@H]5O[C@@H](C)[C@@H](O)[C@@H](O)[C@@H]5O)[C@H]4NC(C)=O)[C@@H](O[C@@H]4O[C@H](CO)[C@@H](O)[C@H](O)[C@H]4NC(C)=O)[C@H](O[C@H]4O[C@H](CO)[C@@H](O)[C@H](O)[C@@H]4O[C@@H]4O[C@H](CO)[C@@H](O)[C@H](O[C@@H]5O[C@@H](C)[C@@H](O)[C@@H](O)[C@@H]5O)[C@H]4NC(C)=O)[C@@H]3O)[C@H](O)[C@H]2NC(C)=O)[C@@H](CO[C@@H]2O[C@@H](C)[C@@H](O)[C@@H](O)[C@@H]2O)O[C@H]1O. The van der Waals surface area contributed by atoms with Crippen LogP contribution in [-0.4, -0.2) is 558 Å². The topological polar surface area (TPSA) is 886 Å². The predicted octanol–water partition coefficient (Wildman–Crippen LogP) is -21.2. The van der Waals surface area contributed by atoms with Crippen LogP contribution in [0.2, 0.25) is 0 Å². The van der Waals surface area contributed by atoms with Gasteiger partial charge in [0.1, 0.15) is 250 Å². The molecule has 11 aliphatic rings. The van der Waals surface area contributed by atoms with Gasteiger partial charge < -0.3 is 264 Å². The first kappa shape index (κ1) is 110. The van der Waals surface area contributed by atoms with Crippen molar-refractivity contribution in [1.29, 1.82) is 0 Å². The van der Waals surface area contributed by atoms with Crippen molar-refractivity contribution in [2.24, 2.45) is 0 Å². The Morgan fingerprint density at radius 1 is 0.209 bits per heavy atom. The average Bonchev–Trinajstić information content (AvgIpc) is 0.749. The molecule has 0 aromatic rings. The Kier molecular flexibility index (Phi) is 39.0. The van der Waals surface area contributed by atoms with E-state index in [0.717, 1.165) is 34.6 Å². The van der Waals surface area contributed by atoms with Crippen LogP contribution in [0.3, 0.4) is 0 Å². The number of aliphatic hydroxyl groups is 27. The van der Waals surface area contributed by atoms with Crippen LogP contribution >= 0.6 is 0 Å². The van der Waals surface area contributed by atoms with E-state index in [9.17, 15) is 162 Å². The Morgan fingerprint density at radius 3 is 0.903 bits per heavy atom. The lowest BCUT2D eigenvalue weighted by atomic mass is 9.93. The zero-order chi connectivity index (χ0) is 98.7. The van der Waals surface area contributed by atoms with Crippen LogP contribution in [-0.2, 0) is 123 Å². The van der Waals surface area contributed by atoms with Gasteiger partial charge in [-0.1, -0.05) is 0 Å². The first-order valence-corrected chi connectivity index (χ1v) is 43.2. The lowest BCUT2D eigenvalue weighted by Crippen LogP contribution is -2.72. The summed E-state index contributed by atoms with van der Waals surface area (Å²) in [5.41, 5.74) is 0. The van der Waals surface area contributed by atoms with Gasteiger partial charge >= 0.3 is 0 Å². The highest BCUT2D eigenvalue weighted by atomic mass is 16.8. The largest absolute Gasteiger partial charge is 0.394 e. The third-order valence-electron chi connectivity index (χ3n) is 24.9. The molecule has 55 atom stereocenters. The van der Waals surface area contributed by atoms with Crippen molar-refractivity contribution in [2.75, 3.05) is 52.9 Å². The summed E-state index contributed by atoms with van der Waals surface area (Å²) < 4.78 is 129. The van der Waals surface area contributed by atoms with E-state index >= 15 is 0 Å². The van der Waals surface area contributed by atoms with Crippen molar-refractivity contribution < 1.29 is 261 Å². The van der Waals surface area contributed by atoms with Gasteiger partial charge in [0, 0.05) is 34.6 Å². The second-order valence-electron chi connectivity index (χ2n) is 34.5. The van der Waals surface area contributed by atoms with E-state index in [1.165, 1.54) is 20.8 Å². The minimum Gasteiger partial charge on any atom is -0.394 e. The second kappa shape index (κ2) is 47.5. The van der Waals surface area contributed by atoms with Gasteiger partial charge in [-0.05, 0) is 20.8 Å². The summed E-state index contributed by atoms with van der Waals surface area (Å²) in [6.45, 7) is -1.22. The molecule has 0 unspecified atom stereocenters. The highest BCUT2D eigenvalue weighted by Crippen LogP contribution is 2.42. The zero-order valence-corrected chi connectivity index (χ0v) is 73.1. The normalized spacial score (nSPS) is 49.7. The first-order chi connectivity index (χ1) is 63.2. The minimum atomic E-state index is -2.81. The predicted molar refractivity (Wildman–Crippen MR) is 416 cm³/mol. The summed E-state index contributed by atoms with van der Waals surface area (Å²) in [6.07, 6.45) is -106. The third-order valence-corrected chi connectivity index (χ3v) is 24.9. The van der Waals surface area contributed by atoms with E-state index in [1.54, 1.807) is 0 Å². The van der Waals surface area contributed by atoms with Crippen LogP contribution < -0.4 is 26.6 Å². The molecule has 0 saturated carbocycles. The molecule has 0 radical (unpaired) electrons. The maximum Gasteiger partial charge on any atom is 0.217 e. The van der Waals surface area contributed by atoms with Crippen molar-refractivity contribution >= 4 is 29.5 Å². The van der Waals surface area contributed by atoms with Crippen molar-refractivity contribution in [3.05, 3.63) is 0 Å². The maximum atomic E-state index is 13.5. The molecular formula is C76H127N5O53. The molecule has 5 amide bonds. The molecule has 134 heavy (non-hydrogen) atoms. The molecule has 0 aliphatic carbocycles. The van der Waals surface area contributed by atoms with Crippen LogP contribution in [0.4, 0.5) is 0 Å². The van der Waals surface area contributed by atoms with E-state index in [4.69, 9.17) is 99.5 Å². The Hall–Kier alpha value is -4.57. The summed E-state index contributed by atoms with van der Waals surface area (Å²) in [5, 5.41) is 320. The van der Waals surface area contributed by atoms with Crippen molar-refractivity contribution in [1.82, 2.24) is 26.6 Å². The smallest absolute Gasteiger partial charge is 0.217 e. The molecule has 774 valence electrons. The lowest BCUT2D eigenvalue weighted by molar-refractivity contribution is -0.409. The zero-order valence-electron chi connectivity index (χ0n) is 73.1. The number of amides is 5. The number of ether oxygens (including phenoxy) is 21. The quantitative estimate of drug-likeness (QED) is 0.0290. The third kappa shape index (κ3) is 24.3. The fourth-order valence-electron chi connectivity index (χ4n) is 17.5. The highest BCUT2D eigenvalue weighted by molar-refractivity contribution is 5.75. The number of carbonyl (C=O) groups excluding carboxylic acids is 5. The van der Waals surface area contributed by atoms with Crippen LogP contribution in [0.25, 0.3) is 0 Å². The number of carbonyl (C=O) groups is 5. The molecule has 32 N–H and O–H groups in total. The highest BCUT2D eigenvalue weighted by Gasteiger charge is 2.63. The summed E-state index contributed by atoms with van der Waals surface area (Å²) in [4.78, 5) is 66.1. The van der Waals surface area contributed by atoms with E-state index in [1.807, 2.05) is 0 Å². The summed E-state index contributed by atoms with van der Waals surface area (Å²) in [6, 6.07) is -9.94. The molecule has 0 aromatic heterocycles. The summed E-state index contributed by atoms with van der Waals surface area (Å²) >= 11 is 0. The Morgan fingerprint density at radius 2 is 0.478 bits per heavy atom. The molecule has 58 heteroatoms. The molecule has 11 fully saturated rings. The summed E-state index contributed by atoms with van der Waals surface area (Å²) in [7, 11) is 0. The lowest BCUT2D eigenvalue weighted by Gasteiger charge is -2.52.